The Balaban J connectivity index is 3.27. The fraction of sp³-hybridized carbons (Fsp3) is 0.750. The summed E-state index contributed by atoms with van der Waals surface area (Å²) in [5, 5.41) is 0. The molecule has 0 N–H and O–H groups in total. The zero-order valence-corrected chi connectivity index (χ0v) is 17.8. The molecule has 0 aromatic heterocycles. The van der Waals surface area contributed by atoms with Crippen LogP contribution in [0.3, 0.4) is 0 Å². The van der Waals surface area contributed by atoms with Gasteiger partial charge in [0.05, 0.1) is 0 Å². The zero-order chi connectivity index (χ0) is 20.7. The first-order chi connectivity index (χ1) is 12.5. The van der Waals surface area contributed by atoms with E-state index in [-0.39, 0.29) is 6.61 Å². The SMILES string of the molecule is CC(=O)OC[C@H]1O[C@@H](SP(C)C)[C@H](OC(C)=O)[C@@H](OC(C)=O)[C@@H]1OC(C)=O. The molecule has 1 heterocycles. The van der Waals surface area contributed by atoms with Crippen LogP contribution in [-0.4, -0.2) is 73.7 Å². The van der Waals surface area contributed by atoms with E-state index < -0.39 is 60.9 Å². The van der Waals surface area contributed by atoms with Crippen molar-refractivity contribution < 1.29 is 42.9 Å². The van der Waals surface area contributed by atoms with E-state index in [2.05, 4.69) is 0 Å². The first kappa shape index (κ1) is 23.7. The van der Waals surface area contributed by atoms with Gasteiger partial charge in [0.1, 0.15) is 18.1 Å². The molecule has 5 atom stereocenters. The molecule has 0 radical (unpaired) electrons. The fourth-order valence-electron chi connectivity index (χ4n) is 2.48. The largest absolute Gasteiger partial charge is 0.463 e. The van der Waals surface area contributed by atoms with Crippen molar-refractivity contribution >= 4 is 42.4 Å². The molecule has 1 saturated heterocycles. The van der Waals surface area contributed by atoms with Gasteiger partial charge in [-0.05, 0) is 13.3 Å². The van der Waals surface area contributed by atoms with E-state index in [0.717, 1.165) is 0 Å². The zero-order valence-electron chi connectivity index (χ0n) is 16.1. The van der Waals surface area contributed by atoms with Gasteiger partial charge < -0.3 is 23.7 Å². The third-order valence-corrected chi connectivity index (χ3v) is 6.16. The minimum atomic E-state index is -1.10. The van der Waals surface area contributed by atoms with E-state index in [0.29, 0.717) is 0 Å². The van der Waals surface area contributed by atoms with Crippen molar-refractivity contribution in [1.29, 1.82) is 0 Å². The highest BCUT2D eigenvalue weighted by Gasteiger charge is 2.52. The average Bonchev–Trinajstić information content (AvgIpc) is 2.49. The quantitative estimate of drug-likeness (QED) is 0.338. The predicted octanol–water partition coefficient (Wildman–Crippen LogP) is 1.46. The van der Waals surface area contributed by atoms with E-state index in [9.17, 15) is 19.2 Å². The highest BCUT2D eigenvalue weighted by Crippen LogP contribution is 2.49. The van der Waals surface area contributed by atoms with Crippen molar-refractivity contribution in [1.82, 2.24) is 0 Å². The third kappa shape index (κ3) is 8.02. The van der Waals surface area contributed by atoms with Crippen LogP contribution in [-0.2, 0) is 42.9 Å². The number of ether oxygens (including phenoxy) is 5. The van der Waals surface area contributed by atoms with Gasteiger partial charge in [-0.15, -0.1) is 0 Å². The van der Waals surface area contributed by atoms with Gasteiger partial charge in [-0.25, -0.2) is 0 Å². The summed E-state index contributed by atoms with van der Waals surface area (Å²) in [5.41, 5.74) is -0.688. The predicted molar refractivity (Wildman–Crippen MR) is 98.3 cm³/mol. The van der Waals surface area contributed by atoms with Gasteiger partial charge in [0, 0.05) is 27.7 Å². The number of rotatable bonds is 7. The second kappa shape index (κ2) is 10.8. The van der Waals surface area contributed by atoms with Crippen molar-refractivity contribution in [2.24, 2.45) is 0 Å². The summed E-state index contributed by atoms with van der Waals surface area (Å²) in [4.78, 5) is 46.0. The van der Waals surface area contributed by atoms with Crippen LogP contribution in [0.5, 0.6) is 0 Å². The molecular weight excluding hydrogens is 399 g/mol. The van der Waals surface area contributed by atoms with Gasteiger partial charge in [-0.1, -0.05) is 18.5 Å². The average molecular weight is 424 g/mol. The van der Waals surface area contributed by atoms with E-state index in [1.807, 2.05) is 13.3 Å². The Bertz CT molecular complexity index is 568. The Morgan fingerprint density at radius 1 is 0.815 bits per heavy atom. The summed E-state index contributed by atoms with van der Waals surface area (Å²) in [6, 6.07) is 0. The number of carbonyl (C=O) groups is 4. The highest BCUT2D eigenvalue weighted by atomic mass is 32.7. The lowest BCUT2D eigenvalue weighted by molar-refractivity contribution is -0.237. The molecule has 1 rings (SSSR count). The van der Waals surface area contributed by atoms with E-state index in [4.69, 9.17) is 23.7 Å². The summed E-state index contributed by atoms with van der Waals surface area (Å²) < 4.78 is 26.9. The smallest absolute Gasteiger partial charge is 0.303 e. The maximum Gasteiger partial charge on any atom is 0.303 e. The summed E-state index contributed by atoms with van der Waals surface area (Å²) in [6.07, 6.45) is -4.08. The number of hydrogen-bond donors (Lipinski definition) is 0. The lowest BCUT2D eigenvalue weighted by atomic mass is 9.99. The van der Waals surface area contributed by atoms with Crippen molar-refractivity contribution in [2.75, 3.05) is 19.9 Å². The number of esters is 4. The molecule has 11 heteroatoms. The molecule has 1 aliphatic heterocycles. The standard InChI is InChI=1S/C16H25O9PS/c1-8(17)21-7-12-13(22-9(2)18)14(23-10(3)19)15(24-11(4)20)16(25-12)27-26(5)6/h12-16H,7H2,1-6H3/t12-,13-,14+,15-,16+/m1/s1. The van der Waals surface area contributed by atoms with Gasteiger partial charge in [-0.2, -0.15) is 0 Å². The van der Waals surface area contributed by atoms with Crippen LogP contribution in [0.4, 0.5) is 0 Å². The molecule has 0 bridgehead atoms. The van der Waals surface area contributed by atoms with Crippen molar-refractivity contribution in [3.63, 3.8) is 0 Å². The van der Waals surface area contributed by atoms with Crippen LogP contribution in [0, 0.1) is 0 Å². The van der Waals surface area contributed by atoms with Crippen LogP contribution in [0.15, 0.2) is 0 Å². The minimum absolute atomic E-state index is 0.208. The monoisotopic (exact) mass is 424 g/mol. The van der Waals surface area contributed by atoms with Crippen molar-refractivity contribution in [3.8, 4) is 0 Å². The maximum absolute atomic E-state index is 11.6. The van der Waals surface area contributed by atoms with E-state index in [1.165, 1.54) is 39.1 Å². The molecule has 1 fully saturated rings. The normalized spacial score (nSPS) is 27.6. The Hall–Kier alpha value is -1.38. The molecule has 0 spiro atoms. The van der Waals surface area contributed by atoms with Crippen LogP contribution in [0.1, 0.15) is 27.7 Å². The highest BCUT2D eigenvalue weighted by molar-refractivity contribution is 8.55. The Morgan fingerprint density at radius 2 is 1.30 bits per heavy atom. The third-order valence-electron chi connectivity index (χ3n) is 3.26. The molecule has 9 nitrogen and oxygen atoms in total. The molecule has 0 aromatic rings. The molecule has 0 aromatic carbocycles. The van der Waals surface area contributed by atoms with Crippen LogP contribution >= 0.6 is 18.5 Å². The molecule has 0 amide bonds. The maximum atomic E-state index is 11.6. The van der Waals surface area contributed by atoms with Crippen LogP contribution < -0.4 is 0 Å². The molecular formula is C16H25O9PS. The number of carbonyl (C=O) groups excluding carboxylic acids is 4. The van der Waals surface area contributed by atoms with Crippen molar-refractivity contribution in [2.45, 2.75) is 57.5 Å². The van der Waals surface area contributed by atoms with Gasteiger partial charge in [0.15, 0.2) is 18.3 Å². The lowest BCUT2D eigenvalue weighted by Gasteiger charge is -2.44. The second-order valence-corrected chi connectivity index (χ2v) is 11.1. The van der Waals surface area contributed by atoms with Gasteiger partial charge in [-0.3, -0.25) is 19.2 Å². The summed E-state index contributed by atoms with van der Waals surface area (Å²) in [7, 11) is -0.542. The topological polar surface area (TPSA) is 114 Å². The Morgan fingerprint density at radius 3 is 1.74 bits per heavy atom. The second-order valence-electron chi connectivity index (χ2n) is 5.99. The Labute approximate surface area is 163 Å². The van der Waals surface area contributed by atoms with E-state index >= 15 is 0 Å². The number of hydrogen-bond acceptors (Lipinski definition) is 10. The van der Waals surface area contributed by atoms with Gasteiger partial charge in [0.2, 0.25) is 0 Å². The van der Waals surface area contributed by atoms with Crippen molar-refractivity contribution in [3.05, 3.63) is 0 Å². The lowest BCUT2D eigenvalue weighted by Crippen LogP contribution is -2.61. The van der Waals surface area contributed by atoms with Gasteiger partial charge in [0.25, 0.3) is 0 Å². The molecule has 0 aliphatic carbocycles. The van der Waals surface area contributed by atoms with Crippen LogP contribution in [0.2, 0.25) is 0 Å². The van der Waals surface area contributed by atoms with E-state index in [1.54, 1.807) is 0 Å². The summed E-state index contributed by atoms with van der Waals surface area (Å²) in [6.45, 7) is 8.59. The molecule has 0 saturated carbocycles. The molecule has 0 unspecified atom stereocenters. The first-order valence-electron chi connectivity index (χ1n) is 8.15. The summed E-state index contributed by atoms with van der Waals surface area (Å²) >= 11 is 1.41. The minimum Gasteiger partial charge on any atom is -0.463 e. The first-order valence-corrected chi connectivity index (χ1v) is 11.9. The van der Waals surface area contributed by atoms with Gasteiger partial charge >= 0.3 is 23.9 Å². The molecule has 27 heavy (non-hydrogen) atoms. The Kier molecular flexibility index (Phi) is 9.49. The molecule has 154 valence electrons. The summed E-state index contributed by atoms with van der Waals surface area (Å²) in [5.74, 6) is -2.41. The van der Waals surface area contributed by atoms with Crippen LogP contribution in [0.25, 0.3) is 0 Å². The fourth-order valence-corrected chi connectivity index (χ4v) is 5.18. The molecule has 1 aliphatic rings.